The van der Waals surface area contributed by atoms with E-state index in [4.69, 9.17) is 4.74 Å². The van der Waals surface area contributed by atoms with Gasteiger partial charge >= 0.3 is 0 Å². The second-order valence-corrected chi connectivity index (χ2v) is 8.54. The van der Waals surface area contributed by atoms with Crippen LogP contribution in [0.15, 0.2) is 24.3 Å². The molecule has 1 N–H and O–H groups in total. The van der Waals surface area contributed by atoms with Crippen LogP contribution in [-0.4, -0.2) is 56.1 Å². The number of carbonyl (C=O) groups excluding carboxylic acids is 2. The number of nitrogens with one attached hydrogen (secondary N) is 1. The van der Waals surface area contributed by atoms with Crippen LogP contribution in [0.4, 0.5) is 11.4 Å². The van der Waals surface area contributed by atoms with Crippen molar-refractivity contribution in [2.75, 3.05) is 49.6 Å². The molecule has 0 unspecified atom stereocenters. The lowest BCUT2D eigenvalue weighted by molar-refractivity contribution is -0.138. The predicted molar refractivity (Wildman–Crippen MR) is 114 cm³/mol. The largest absolute Gasteiger partial charge is 0.378 e. The number of anilines is 2. The van der Waals surface area contributed by atoms with Gasteiger partial charge in [-0.15, -0.1) is 0 Å². The van der Waals surface area contributed by atoms with Crippen LogP contribution in [0.2, 0.25) is 0 Å². The number of ether oxygens (including phenoxy) is 1. The summed E-state index contributed by atoms with van der Waals surface area (Å²) in [6, 6.07) is 8.02. The summed E-state index contributed by atoms with van der Waals surface area (Å²) in [5.41, 5.74) is 1.95. The third-order valence-electron chi connectivity index (χ3n) is 6.63. The highest BCUT2D eigenvalue weighted by molar-refractivity contribution is 5.96. The summed E-state index contributed by atoms with van der Waals surface area (Å²) in [5.74, 6) is 0.520. The summed E-state index contributed by atoms with van der Waals surface area (Å²) >= 11 is 0. The SMILES string of the molecule is O=C(Nc1ccccc1N1CCOCC1)C1CCC(C(=O)N2CCCCC2)CC1. The number of hydrogen-bond acceptors (Lipinski definition) is 4. The van der Waals surface area contributed by atoms with Gasteiger partial charge in [-0.05, 0) is 57.1 Å². The maximum Gasteiger partial charge on any atom is 0.227 e. The number of benzene rings is 1. The van der Waals surface area contributed by atoms with Gasteiger partial charge in [-0.2, -0.15) is 0 Å². The van der Waals surface area contributed by atoms with E-state index in [9.17, 15) is 9.59 Å². The van der Waals surface area contributed by atoms with E-state index in [1.807, 2.05) is 23.1 Å². The highest BCUT2D eigenvalue weighted by Gasteiger charge is 2.32. The third-order valence-corrected chi connectivity index (χ3v) is 6.63. The molecule has 3 fully saturated rings. The van der Waals surface area contributed by atoms with Crippen LogP contribution in [-0.2, 0) is 14.3 Å². The molecule has 0 bridgehead atoms. The van der Waals surface area contributed by atoms with Crippen LogP contribution in [0.5, 0.6) is 0 Å². The van der Waals surface area contributed by atoms with Crippen molar-refractivity contribution in [1.82, 2.24) is 4.90 Å². The van der Waals surface area contributed by atoms with Gasteiger partial charge < -0.3 is 19.9 Å². The number of carbonyl (C=O) groups is 2. The molecule has 0 radical (unpaired) electrons. The second kappa shape index (κ2) is 9.61. The van der Waals surface area contributed by atoms with E-state index in [2.05, 4.69) is 16.3 Å². The molecule has 2 aliphatic heterocycles. The molecule has 1 aromatic rings. The smallest absolute Gasteiger partial charge is 0.227 e. The standard InChI is InChI=1S/C23H33N3O3/c27-22(24-20-6-2-3-7-21(20)25-14-16-29-17-15-25)18-8-10-19(11-9-18)23(28)26-12-4-1-5-13-26/h2-3,6-7,18-19H,1,4-5,8-17H2,(H,24,27). The van der Waals surface area contributed by atoms with Crippen LogP contribution >= 0.6 is 0 Å². The van der Waals surface area contributed by atoms with Crippen molar-refractivity contribution >= 4 is 23.2 Å². The summed E-state index contributed by atoms with van der Waals surface area (Å²) in [4.78, 5) is 30.0. The molecule has 6 nitrogen and oxygen atoms in total. The van der Waals surface area contributed by atoms with Gasteiger partial charge in [0.25, 0.3) is 0 Å². The molecule has 3 aliphatic rings. The Kier molecular flexibility index (Phi) is 6.70. The van der Waals surface area contributed by atoms with E-state index in [-0.39, 0.29) is 17.7 Å². The third kappa shape index (κ3) is 4.92. The molecule has 0 aromatic heterocycles. The monoisotopic (exact) mass is 399 g/mol. The van der Waals surface area contributed by atoms with Crippen LogP contribution < -0.4 is 10.2 Å². The predicted octanol–water partition coefficient (Wildman–Crippen LogP) is 3.28. The first-order chi connectivity index (χ1) is 14.2. The Morgan fingerprint density at radius 3 is 2.24 bits per heavy atom. The highest BCUT2D eigenvalue weighted by atomic mass is 16.5. The molecule has 1 aliphatic carbocycles. The average Bonchev–Trinajstić information content (AvgIpc) is 2.80. The molecular formula is C23H33N3O3. The molecule has 1 aromatic carbocycles. The molecule has 0 atom stereocenters. The van der Waals surface area contributed by atoms with E-state index in [0.29, 0.717) is 5.91 Å². The van der Waals surface area contributed by atoms with E-state index in [1.165, 1.54) is 6.42 Å². The molecule has 6 heteroatoms. The van der Waals surface area contributed by atoms with Crippen molar-refractivity contribution in [1.29, 1.82) is 0 Å². The fraction of sp³-hybridized carbons (Fsp3) is 0.652. The van der Waals surface area contributed by atoms with Crippen LogP contribution in [0, 0.1) is 11.8 Å². The lowest BCUT2D eigenvalue weighted by Crippen LogP contribution is -2.41. The summed E-state index contributed by atoms with van der Waals surface area (Å²) < 4.78 is 5.45. The lowest BCUT2D eigenvalue weighted by atomic mass is 9.80. The minimum absolute atomic E-state index is 0.00171. The Bertz CT molecular complexity index is 703. The van der Waals surface area contributed by atoms with Crippen molar-refractivity contribution < 1.29 is 14.3 Å². The normalized spacial score (nSPS) is 25.5. The lowest BCUT2D eigenvalue weighted by Gasteiger charge is -2.34. The Labute approximate surface area is 173 Å². The Morgan fingerprint density at radius 2 is 1.52 bits per heavy atom. The molecule has 4 rings (SSSR count). The van der Waals surface area contributed by atoms with Crippen molar-refractivity contribution in [2.24, 2.45) is 11.8 Å². The minimum Gasteiger partial charge on any atom is -0.378 e. The maximum atomic E-state index is 12.9. The first-order valence-corrected chi connectivity index (χ1v) is 11.2. The quantitative estimate of drug-likeness (QED) is 0.844. The number of rotatable bonds is 4. The van der Waals surface area contributed by atoms with Gasteiger partial charge in [0, 0.05) is 38.0 Å². The zero-order valence-electron chi connectivity index (χ0n) is 17.3. The number of para-hydroxylation sites is 2. The summed E-state index contributed by atoms with van der Waals surface area (Å²) in [6.45, 7) is 4.96. The molecule has 29 heavy (non-hydrogen) atoms. The van der Waals surface area contributed by atoms with Crippen molar-refractivity contribution in [3.05, 3.63) is 24.3 Å². The van der Waals surface area contributed by atoms with Gasteiger partial charge in [-0.1, -0.05) is 12.1 Å². The van der Waals surface area contributed by atoms with Gasteiger partial charge in [0.1, 0.15) is 0 Å². The van der Waals surface area contributed by atoms with Crippen molar-refractivity contribution in [3.8, 4) is 0 Å². The minimum atomic E-state index is -0.00171. The number of nitrogens with zero attached hydrogens (tertiary/aromatic N) is 2. The molecule has 2 saturated heterocycles. The number of piperidine rings is 1. The van der Waals surface area contributed by atoms with Gasteiger partial charge in [0.15, 0.2) is 0 Å². The summed E-state index contributed by atoms with van der Waals surface area (Å²) in [6.07, 6.45) is 6.77. The van der Waals surface area contributed by atoms with E-state index < -0.39 is 0 Å². The van der Waals surface area contributed by atoms with Crippen molar-refractivity contribution in [3.63, 3.8) is 0 Å². The van der Waals surface area contributed by atoms with E-state index in [1.54, 1.807) is 0 Å². The Balaban J connectivity index is 1.32. The van der Waals surface area contributed by atoms with Crippen LogP contribution in [0.3, 0.4) is 0 Å². The number of likely N-dealkylation sites (tertiary alicyclic amines) is 1. The average molecular weight is 400 g/mol. The molecular weight excluding hydrogens is 366 g/mol. The molecule has 0 spiro atoms. The number of morpholine rings is 1. The fourth-order valence-electron chi connectivity index (χ4n) is 4.87. The summed E-state index contributed by atoms with van der Waals surface area (Å²) in [7, 11) is 0. The van der Waals surface area contributed by atoms with Crippen LogP contribution in [0.1, 0.15) is 44.9 Å². The Morgan fingerprint density at radius 1 is 0.862 bits per heavy atom. The van der Waals surface area contributed by atoms with E-state index >= 15 is 0 Å². The molecule has 1 saturated carbocycles. The molecule has 2 heterocycles. The van der Waals surface area contributed by atoms with Gasteiger partial charge in [0.05, 0.1) is 24.6 Å². The maximum absolute atomic E-state index is 12.9. The second-order valence-electron chi connectivity index (χ2n) is 8.54. The number of amides is 2. The zero-order chi connectivity index (χ0) is 20.1. The highest BCUT2D eigenvalue weighted by Crippen LogP contribution is 2.33. The molecule has 158 valence electrons. The topological polar surface area (TPSA) is 61.9 Å². The zero-order valence-corrected chi connectivity index (χ0v) is 17.3. The fourth-order valence-corrected chi connectivity index (χ4v) is 4.87. The first-order valence-electron chi connectivity index (χ1n) is 11.2. The molecule has 2 amide bonds. The Hall–Kier alpha value is -2.08. The van der Waals surface area contributed by atoms with Gasteiger partial charge in [-0.3, -0.25) is 9.59 Å². The van der Waals surface area contributed by atoms with Gasteiger partial charge in [0.2, 0.25) is 11.8 Å². The number of hydrogen-bond donors (Lipinski definition) is 1. The van der Waals surface area contributed by atoms with Crippen LogP contribution in [0.25, 0.3) is 0 Å². The van der Waals surface area contributed by atoms with Gasteiger partial charge in [-0.25, -0.2) is 0 Å². The summed E-state index contributed by atoms with van der Waals surface area (Å²) in [5, 5.41) is 3.17. The van der Waals surface area contributed by atoms with E-state index in [0.717, 1.165) is 89.3 Å². The first kappa shape index (κ1) is 20.2. The van der Waals surface area contributed by atoms with Crippen molar-refractivity contribution in [2.45, 2.75) is 44.9 Å².